The van der Waals surface area contributed by atoms with Gasteiger partial charge in [0.25, 0.3) is 0 Å². The van der Waals surface area contributed by atoms with Gasteiger partial charge in [-0.3, -0.25) is 4.98 Å². The molecule has 0 atom stereocenters. The van der Waals surface area contributed by atoms with Crippen LogP contribution in [-0.2, 0) is 0 Å². The minimum Gasteiger partial charge on any atom is -0.398 e. The maximum Gasteiger partial charge on any atom is 0.0604 e. The van der Waals surface area contributed by atoms with E-state index < -0.39 is 0 Å². The number of fused-ring (bicyclic) bond motifs is 1. The van der Waals surface area contributed by atoms with E-state index in [2.05, 4.69) is 10.3 Å². The van der Waals surface area contributed by atoms with Crippen LogP contribution < -0.4 is 11.1 Å². The second-order valence-electron chi connectivity index (χ2n) is 3.27. The van der Waals surface area contributed by atoms with Crippen molar-refractivity contribution in [3.63, 3.8) is 0 Å². The maximum atomic E-state index is 8.75. The smallest absolute Gasteiger partial charge is 0.0604 e. The zero-order valence-electron chi connectivity index (χ0n) is 8.27. The van der Waals surface area contributed by atoms with Crippen LogP contribution >= 0.6 is 0 Å². The van der Waals surface area contributed by atoms with Gasteiger partial charge in [0.1, 0.15) is 0 Å². The predicted octanol–water partition coefficient (Wildman–Crippen LogP) is 1.22. The highest BCUT2D eigenvalue weighted by Gasteiger charge is 2.02. The molecule has 1 heterocycles. The molecule has 15 heavy (non-hydrogen) atoms. The van der Waals surface area contributed by atoms with Gasteiger partial charge in [-0.2, -0.15) is 0 Å². The first-order chi connectivity index (χ1) is 7.33. The molecule has 2 aromatic rings. The summed E-state index contributed by atoms with van der Waals surface area (Å²) >= 11 is 0. The van der Waals surface area contributed by atoms with E-state index in [0.717, 1.165) is 16.5 Å². The van der Waals surface area contributed by atoms with Gasteiger partial charge in [-0.25, -0.2) is 0 Å². The fraction of sp³-hybridized carbons (Fsp3) is 0.182. The minimum atomic E-state index is 0.108. The molecular weight excluding hydrogens is 190 g/mol. The molecule has 1 aromatic carbocycles. The summed E-state index contributed by atoms with van der Waals surface area (Å²) in [7, 11) is 0. The molecule has 2 rings (SSSR count). The molecule has 0 aliphatic carbocycles. The summed E-state index contributed by atoms with van der Waals surface area (Å²) in [4.78, 5) is 4.04. The van der Waals surface area contributed by atoms with Crippen molar-refractivity contribution < 1.29 is 5.11 Å². The molecule has 0 saturated heterocycles. The number of aliphatic hydroxyl groups is 1. The molecule has 4 nitrogen and oxygen atoms in total. The van der Waals surface area contributed by atoms with Crippen molar-refractivity contribution in [1.82, 2.24) is 4.98 Å². The quantitative estimate of drug-likeness (QED) is 0.656. The van der Waals surface area contributed by atoms with Crippen molar-refractivity contribution >= 4 is 22.1 Å². The average Bonchev–Trinajstić information content (AvgIpc) is 2.29. The van der Waals surface area contributed by atoms with E-state index in [1.54, 1.807) is 12.4 Å². The molecule has 4 N–H and O–H groups in total. The maximum absolute atomic E-state index is 8.75. The number of anilines is 2. The summed E-state index contributed by atoms with van der Waals surface area (Å²) in [6.07, 6.45) is 3.47. The van der Waals surface area contributed by atoms with Gasteiger partial charge in [0.2, 0.25) is 0 Å². The van der Waals surface area contributed by atoms with Gasteiger partial charge < -0.3 is 16.2 Å². The van der Waals surface area contributed by atoms with Crippen molar-refractivity contribution in [3.05, 3.63) is 30.6 Å². The Bertz CT molecular complexity index is 470. The van der Waals surface area contributed by atoms with Crippen molar-refractivity contribution in [1.29, 1.82) is 0 Å². The molecule has 1 aromatic heterocycles. The van der Waals surface area contributed by atoms with Crippen LogP contribution in [0.15, 0.2) is 30.6 Å². The van der Waals surface area contributed by atoms with E-state index in [-0.39, 0.29) is 6.61 Å². The summed E-state index contributed by atoms with van der Waals surface area (Å²) in [6, 6.07) is 5.66. The third-order valence-corrected chi connectivity index (χ3v) is 2.28. The Kier molecular flexibility index (Phi) is 2.69. The summed E-state index contributed by atoms with van der Waals surface area (Å²) in [5.74, 6) is 0. The van der Waals surface area contributed by atoms with E-state index in [1.165, 1.54) is 0 Å². The van der Waals surface area contributed by atoms with E-state index >= 15 is 0 Å². The molecule has 4 heteroatoms. The van der Waals surface area contributed by atoms with Gasteiger partial charge in [-0.05, 0) is 18.2 Å². The third kappa shape index (κ3) is 1.85. The lowest BCUT2D eigenvalue weighted by molar-refractivity contribution is 0.311. The second-order valence-corrected chi connectivity index (χ2v) is 3.27. The van der Waals surface area contributed by atoms with Crippen molar-refractivity contribution in [2.45, 2.75) is 0 Å². The molecule has 0 aliphatic heterocycles. The zero-order chi connectivity index (χ0) is 10.7. The highest BCUT2D eigenvalue weighted by atomic mass is 16.3. The average molecular weight is 203 g/mol. The first-order valence-electron chi connectivity index (χ1n) is 4.80. The number of pyridine rings is 1. The van der Waals surface area contributed by atoms with E-state index in [1.807, 2.05) is 18.2 Å². The molecule has 78 valence electrons. The number of rotatable bonds is 3. The molecule has 0 aliphatic rings. The lowest BCUT2D eigenvalue weighted by Crippen LogP contribution is -2.06. The van der Waals surface area contributed by atoms with Crippen LogP contribution in [0.1, 0.15) is 0 Å². The number of nitrogens with zero attached hydrogens (tertiary/aromatic N) is 1. The van der Waals surface area contributed by atoms with Crippen LogP contribution in [0.5, 0.6) is 0 Å². The molecular formula is C11H13N3O. The fourth-order valence-corrected chi connectivity index (χ4v) is 1.56. The van der Waals surface area contributed by atoms with Crippen molar-refractivity contribution in [3.8, 4) is 0 Å². The van der Waals surface area contributed by atoms with Crippen molar-refractivity contribution in [2.75, 3.05) is 24.2 Å². The number of nitrogens with two attached hydrogens (primary N) is 1. The lowest BCUT2D eigenvalue weighted by atomic mass is 10.1. The van der Waals surface area contributed by atoms with Crippen LogP contribution in [0.25, 0.3) is 10.8 Å². The topological polar surface area (TPSA) is 71.2 Å². The molecule has 0 amide bonds. The van der Waals surface area contributed by atoms with E-state index in [0.29, 0.717) is 12.2 Å². The Hall–Kier alpha value is -1.81. The number of aliphatic hydroxyl groups excluding tert-OH is 1. The normalized spacial score (nSPS) is 10.5. The van der Waals surface area contributed by atoms with E-state index in [4.69, 9.17) is 10.8 Å². The molecule has 0 unspecified atom stereocenters. The second kappa shape index (κ2) is 4.14. The molecule has 0 saturated carbocycles. The van der Waals surface area contributed by atoms with Gasteiger partial charge in [0.05, 0.1) is 6.61 Å². The monoisotopic (exact) mass is 203 g/mol. The summed E-state index contributed by atoms with van der Waals surface area (Å²) in [6.45, 7) is 0.637. The third-order valence-electron chi connectivity index (χ3n) is 2.28. The van der Waals surface area contributed by atoms with Crippen LogP contribution in [0.3, 0.4) is 0 Å². The molecule has 0 bridgehead atoms. The zero-order valence-corrected chi connectivity index (χ0v) is 8.27. The SMILES string of the molecule is Nc1ccc(NCCO)c2ccncc12. The van der Waals surface area contributed by atoms with Crippen molar-refractivity contribution in [2.24, 2.45) is 0 Å². The molecule has 0 spiro atoms. The fourth-order valence-electron chi connectivity index (χ4n) is 1.56. The Labute approximate surface area is 87.7 Å². The van der Waals surface area contributed by atoms with Crippen LogP contribution in [0.4, 0.5) is 11.4 Å². The Morgan fingerprint density at radius 2 is 2.13 bits per heavy atom. The highest BCUT2D eigenvalue weighted by molar-refractivity contribution is 6.00. The first-order valence-corrected chi connectivity index (χ1v) is 4.80. The summed E-state index contributed by atoms with van der Waals surface area (Å²) < 4.78 is 0. The number of benzene rings is 1. The number of hydrogen-bond acceptors (Lipinski definition) is 4. The van der Waals surface area contributed by atoms with Gasteiger partial charge in [-0.15, -0.1) is 0 Å². The summed E-state index contributed by atoms with van der Waals surface area (Å²) in [5, 5.41) is 13.8. The standard InChI is InChI=1S/C11H13N3O/c12-10-1-2-11(14-5-6-15)8-3-4-13-7-9(8)10/h1-4,7,14-15H,5-6,12H2. The molecule has 0 radical (unpaired) electrons. The van der Waals surface area contributed by atoms with Gasteiger partial charge in [0, 0.05) is 41.1 Å². The first kappa shape index (κ1) is 9.73. The lowest BCUT2D eigenvalue weighted by Gasteiger charge is -2.09. The number of aromatic nitrogens is 1. The number of nitrogens with one attached hydrogen (secondary N) is 1. The van der Waals surface area contributed by atoms with Gasteiger partial charge >= 0.3 is 0 Å². The van der Waals surface area contributed by atoms with Gasteiger partial charge in [-0.1, -0.05) is 0 Å². The molecule has 0 fully saturated rings. The Morgan fingerprint density at radius 1 is 1.27 bits per heavy atom. The highest BCUT2D eigenvalue weighted by Crippen LogP contribution is 2.26. The van der Waals surface area contributed by atoms with E-state index in [9.17, 15) is 0 Å². The van der Waals surface area contributed by atoms with Crippen LogP contribution in [0.2, 0.25) is 0 Å². The number of hydrogen-bond donors (Lipinski definition) is 3. The largest absolute Gasteiger partial charge is 0.398 e. The van der Waals surface area contributed by atoms with Crippen LogP contribution in [0, 0.1) is 0 Å². The minimum absolute atomic E-state index is 0.108. The van der Waals surface area contributed by atoms with Crippen LogP contribution in [-0.4, -0.2) is 23.2 Å². The summed E-state index contributed by atoms with van der Waals surface area (Å²) in [5.41, 5.74) is 7.52. The number of nitrogen functional groups attached to an aromatic ring is 1. The Balaban J connectivity index is 2.51. The Morgan fingerprint density at radius 3 is 2.93 bits per heavy atom. The van der Waals surface area contributed by atoms with Gasteiger partial charge in [0.15, 0.2) is 0 Å². The predicted molar refractivity (Wildman–Crippen MR) is 61.7 cm³/mol.